The summed E-state index contributed by atoms with van der Waals surface area (Å²) < 4.78 is 5.89. The molecule has 1 aliphatic heterocycles. The first-order valence-corrected chi connectivity index (χ1v) is 11.7. The molecule has 1 aromatic carbocycles. The van der Waals surface area contributed by atoms with Crippen LogP contribution in [0.15, 0.2) is 54.9 Å². The van der Waals surface area contributed by atoms with Gasteiger partial charge in [-0.25, -0.2) is 4.79 Å². The van der Waals surface area contributed by atoms with Crippen molar-refractivity contribution in [2.24, 2.45) is 11.8 Å². The number of esters is 1. The molecule has 2 N–H and O–H groups in total. The second kappa shape index (κ2) is 10.4. The van der Waals surface area contributed by atoms with E-state index in [1.54, 1.807) is 6.20 Å². The van der Waals surface area contributed by atoms with Crippen LogP contribution in [0.25, 0.3) is 0 Å². The van der Waals surface area contributed by atoms with E-state index in [2.05, 4.69) is 16.4 Å². The Kier molecular flexibility index (Phi) is 7.36. The van der Waals surface area contributed by atoms with Gasteiger partial charge in [0.15, 0.2) is 5.60 Å². The van der Waals surface area contributed by atoms with Crippen molar-refractivity contribution in [3.63, 3.8) is 0 Å². The minimum absolute atomic E-state index is 0.0751. The van der Waals surface area contributed by atoms with Crippen molar-refractivity contribution in [2.75, 3.05) is 19.7 Å². The van der Waals surface area contributed by atoms with E-state index in [4.69, 9.17) is 4.74 Å². The molecule has 1 aromatic heterocycles. The number of carbonyl (C=O) groups excluding carboxylic acids is 1. The van der Waals surface area contributed by atoms with Gasteiger partial charge in [0.25, 0.3) is 0 Å². The number of ether oxygens (including phenoxy) is 1. The van der Waals surface area contributed by atoms with Crippen LogP contribution in [-0.2, 0) is 15.1 Å². The Morgan fingerprint density at radius 2 is 1.94 bits per heavy atom. The highest BCUT2D eigenvalue weighted by molar-refractivity contribution is 5.81. The van der Waals surface area contributed by atoms with Crippen LogP contribution < -0.4 is 5.32 Å². The SMILES string of the molecule is O=C(OCC(C[C@H]1CCCNC1)c1cccnc1)C(O)(c1ccccc1)C1CCCC1. The third-order valence-electron chi connectivity index (χ3n) is 7.06. The predicted octanol–water partition coefficient (Wildman–Crippen LogP) is 4.18. The van der Waals surface area contributed by atoms with Gasteiger partial charge < -0.3 is 15.2 Å². The van der Waals surface area contributed by atoms with Crippen molar-refractivity contribution in [1.29, 1.82) is 0 Å². The lowest BCUT2D eigenvalue weighted by atomic mass is 9.80. The summed E-state index contributed by atoms with van der Waals surface area (Å²) >= 11 is 0. The number of nitrogens with one attached hydrogen (secondary N) is 1. The Balaban J connectivity index is 1.51. The van der Waals surface area contributed by atoms with Crippen molar-refractivity contribution < 1.29 is 14.6 Å². The molecule has 166 valence electrons. The van der Waals surface area contributed by atoms with Crippen LogP contribution in [0.3, 0.4) is 0 Å². The van der Waals surface area contributed by atoms with Crippen molar-refractivity contribution in [2.45, 2.75) is 56.5 Å². The van der Waals surface area contributed by atoms with Gasteiger partial charge in [0.05, 0.1) is 6.61 Å². The molecule has 31 heavy (non-hydrogen) atoms. The zero-order valence-electron chi connectivity index (χ0n) is 18.2. The van der Waals surface area contributed by atoms with Crippen molar-refractivity contribution in [3.8, 4) is 0 Å². The Bertz CT molecular complexity index is 817. The topological polar surface area (TPSA) is 71.5 Å². The normalized spacial score (nSPS) is 22.5. The van der Waals surface area contributed by atoms with Gasteiger partial charge in [-0.3, -0.25) is 4.98 Å². The highest BCUT2D eigenvalue weighted by Gasteiger charge is 2.48. The van der Waals surface area contributed by atoms with E-state index in [1.807, 2.05) is 42.6 Å². The lowest BCUT2D eigenvalue weighted by Gasteiger charge is -2.33. The summed E-state index contributed by atoms with van der Waals surface area (Å²) in [5, 5.41) is 15.1. The second-order valence-electron chi connectivity index (χ2n) is 9.14. The summed E-state index contributed by atoms with van der Waals surface area (Å²) in [6, 6.07) is 13.3. The first-order chi connectivity index (χ1) is 15.2. The molecule has 1 saturated carbocycles. The maximum Gasteiger partial charge on any atom is 0.343 e. The van der Waals surface area contributed by atoms with Crippen LogP contribution in [-0.4, -0.2) is 35.8 Å². The predicted molar refractivity (Wildman–Crippen MR) is 120 cm³/mol. The average Bonchev–Trinajstić information content (AvgIpc) is 3.38. The van der Waals surface area contributed by atoms with Crippen LogP contribution >= 0.6 is 0 Å². The highest BCUT2D eigenvalue weighted by Crippen LogP contribution is 2.42. The molecule has 2 aromatic rings. The molecule has 0 amide bonds. The fourth-order valence-corrected chi connectivity index (χ4v) is 5.29. The van der Waals surface area contributed by atoms with E-state index in [-0.39, 0.29) is 18.4 Å². The zero-order chi connectivity index (χ0) is 21.5. The van der Waals surface area contributed by atoms with Crippen molar-refractivity contribution in [3.05, 3.63) is 66.0 Å². The maximum atomic E-state index is 13.4. The molecule has 2 aliphatic rings. The molecule has 0 spiro atoms. The number of nitrogens with zero attached hydrogens (tertiary/aromatic N) is 1. The lowest BCUT2D eigenvalue weighted by Crippen LogP contribution is -2.44. The largest absolute Gasteiger partial charge is 0.463 e. The van der Waals surface area contributed by atoms with E-state index in [0.29, 0.717) is 11.5 Å². The van der Waals surface area contributed by atoms with E-state index in [0.717, 1.165) is 50.8 Å². The van der Waals surface area contributed by atoms with E-state index in [9.17, 15) is 9.90 Å². The van der Waals surface area contributed by atoms with E-state index < -0.39 is 11.6 Å². The lowest BCUT2D eigenvalue weighted by molar-refractivity contribution is -0.174. The van der Waals surface area contributed by atoms with Crippen LogP contribution in [0, 0.1) is 11.8 Å². The molecule has 0 radical (unpaired) electrons. The van der Waals surface area contributed by atoms with Gasteiger partial charge in [0.1, 0.15) is 0 Å². The van der Waals surface area contributed by atoms with Crippen LogP contribution in [0.4, 0.5) is 0 Å². The zero-order valence-corrected chi connectivity index (χ0v) is 18.2. The molecule has 2 fully saturated rings. The number of piperidine rings is 1. The Hall–Kier alpha value is -2.24. The maximum absolute atomic E-state index is 13.4. The molecule has 3 atom stereocenters. The summed E-state index contributed by atoms with van der Waals surface area (Å²) in [7, 11) is 0. The summed E-state index contributed by atoms with van der Waals surface area (Å²) in [5.74, 6) is 0.0229. The van der Waals surface area contributed by atoms with Gasteiger partial charge in [0, 0.05) is 24.2 Å². The number of hydrogen-bond donors (Lipinski definition) is 2. The summed E-state index contributed by atoms with van der Waals surface area (Å²) in [4.78, 5) is 17.7. The standard InChI is InChI=1S/C26H34N2O3/c29-25(26(30,24-12-4-5-13-24)23-10-2-1-3-11-23)31-19-22(21-9-7-15-28-18-21)16-20-8-6-14-27-17-20/h1-3,7,9-11,15,18,20,22,24,27,30H,4-6,8,12-14,16-17,19H2/t20-,22?,26?/m1/s1. The first kappa shape index (κ1) is 22.0. The Labute approximate surface area is 185 Å². The Morgan fingerprint density at radius 1 is 1.13 bits per heavy atom. The molecule has 2 heterocycles. The molecule has 4 rings (SSSR count). The summed E-state index contributed by atoms with van der Waals surface area (Å²) in [6.07, 6.45) is 10.7. The third-order valence-corrected chi connectivity index (χ3v) is 7.06. The quantitative estimate of drug-likeness (QED) is 0.625. The number of rotatable bonds is 8. The van der Waals surface area contributed by atoms with Crippen LogP contribution in [0.2, 0.25) is 0 Å². The molecular weight excluding hydrogens is 388 g/mol. The van der Waals surface area contributed by atoms with Crippen LogP contribution in [0.1, 0.15) is 62.0 Å². The molecule has 0 bridgehead atoms. The van der Waals surface area contributed by atoms with E-state index >= 15 is 0 Å². The van der Waals surface area contributed by atoms with Crippen LogP contribution in [0.5, 0.6) is 0 Å². The van der Waals surface area contributed by atoms with Crippen molar-refractivity contribution >= 4 is 5.97 Å². The Morgan fingerprint density at radius 3 is 2.61 bits per heavy atom. The number of hydrogen-bond acceptors (Lipinski definition) is 5. The monoisotopic (exact) mass is 422 g/mol. The van der Waals surface area contributed by atoms with E-state index in [1.165, 1.54) is 12.8 Å². The number of aromatic nitrogens is 1. The van der Waals surface area contributed by atoms with Gasteiger partial charge in [-0.15, -0.1) is 0 Å². The highest BCUT2D eigenvalue weighted by atomic mass is 16.5. The van der Waals surface area contributed by atoms with Crippen molar-refractivity contribution in [1.82, 2.24) is 10.3 Å². The average molecular weight is 423 g/mol. The molecular formula is C26H34N2O3. The molecule has 5 heteroatoms. The first-order valence-electron chi connectivity index (χ1n) is 11.7. The molecule has 1 saturated heterocycles. The number of carbonyl (C=O) groups is 1. The molecule has 2 unspecified atom stereocenters. The smallest absolute Gasteiger partial charge is 0.343 e. The second-order valence-corrected chi connectivity index (χ2v) is 9.14. The fourth-order valence-electron chi connectivity index (χ4n) is 5.29. The number of pyridine rings is 1. The van der Waals surface area contributed by atoms with Gasteiger partial charge in [0.2, 0.25) is 0 Å². The minimum Gasteiger partial charge on any atom is -0.463 e. The van der Waals surface area contributed by atoms with Gasteiger partial charge >= 0.3 is 5.97 Å². The fraction of sp³-hybridized carbons (Fsp3) is 0.538. The summed E-state index contributed by atoms with van der Waals surface area (Å²) in [5.41, 5.74) is 0.148. The molecule has 5 nitrogen and oxygen atoms in total. The number of benzene rings is 1. The third kappa shape index (κ3) is 5.16. The van der Waals surface area contributed by atoms with Gasteiger partial charge in [-0.1, -0.05) is 49.2 Å². The summed E-state index contributed by atoms with van der Waals surface area (Å²) in [6.45, 7) is 2.35. The van der Waals surface area contributed by atoms with Gasteiger partial charge in [-0.2, -0.15) is 0 Å². The minimum atomic E-state index is -1.58. The molecule has 1 aliphatic carbocycles. The van der Waals surface area contributed by atoms with Gasteiger partial charge in [-0.05, 0) is 68.3 Å². The number of aliphatic hydroxyl groups is 1.